The van der Waals surface area contributed by atoms with Gasteiger partial charge in [-0.1, -0.05) is 47.6 Å². The van der Waals surface area contributed by atoms with Crippen LogP contribution in [0.4, 0.5) is 0 Å². The molecule has 0 atom stereocenters. The third-order valence-electron chi connectivity index (χ3n) is 2.58. The smallest absolute Gasteiger partial charge is 0.267 e. The zero-order valence-corrected chi connectivity index (χ0v) is 11.1. The lowest BCUT2D eigenvalue weighted by Gasteiger charge is -1.97. The molecule has 2 rings (SSSR count). The van der Waals surface area contributed by atoms with Crippen LogP contribution in [-0.2, 0) is 4.79 Å². The second kappa shape index (κ2) is 7.62. The average Bonchev–Trinajstić information content (AvgIpc) is 2.55. The van der Waals surface area contributed by atoms with Crippen LogP contribution in [0.2, 0.25) is 0 Å². The minimum absolute atomic E-state index is 0.572. The Morgan fingerprint density at radius 1 is 1.05 bits per heavy atom. The fourth-order valence-electron chi connectivity index (χ4n) is 1.53. The lowest BCUT2D eigenvalue weighted by Crippen LogP contribution is -2.14. The normalized spacial score (nSPS) is 10.9. The lowest BCUT2D eigenvalue weighted by atomic mass is 10.1. The summed E-state index contributed by atoms with van der Waals surface area (Å²) < 4.78 is 0. The molecule has 2 N–H and O–H groups in total. The maximum Gasteiger partial charge on any atom is 0.267 e. The van der Waals surface area contributed by atoms with Crippen molar-refractivity contribution >= 4 is 18.2 Å². The van der Waals surface area contributed by atoms with Crippen LogP contribution in [0.3, 0.4) is 0 Å². The van der Waals surface area contributed by atoms with E-state index in [1.54, 1.807) is 12.3 Å². The summed E-state index contributed by atoms with van der Waals surface area (Å²) in [6, 6.07) is 16.6. The Bertz CT molecular complexity index is 634. The first kappa shape index (κ1) is 14.5. The minimum Gasteiger partial charge on any atom is -0.357 e. The topological polar surface area (TPSA) is 70.9 Å². The quantitative estimate of drug-likeness (QED) is 0.383. The molecule has 0 aliphatic heterocycles. The Labute approximate surface area is 122 Å². The highest BCUT2D eigenvalue weighted by molar-refractivity contribution is 5.91. The van der Waals surface area contributed by atoms with Crippen LogP contribution < -0.4 is 10.3 Å². The molecule has 0 heterocycles. The van der Waals surface area contributed by atoms with E-state index in [0.717, 1.165) is 11.1 Å². The number of para-hydroxylation sites is 1. The van der Waals surface area contributed by atoms with Crippen molar-refractivity contribution in [2.24, 2.45) is 5.16 Å². The van der Waals surface area contributed by atoms with Crippen molar-refractivity contribution in [3.63, 3.8) is 0 Å². The number of hydrogen-bond acceptors (Lipinski definition) is 4. The number of benzene rings is 2. The Hall–Kier alpha value is -2.92. The van der Waals surface area contributed by atoms with Gasteiger partial charge in [-0.25, -0.2) is 5.48 Å². The number of hydrogen-bond donors (Lipinski definition) is 2. The van der Waals surface area contributed by atoms with E-state index >= 15 is 0 Å². The number of carbonyl (C=O) groups is 1. The summed E-state index contributed by atoms with van der Waals surface area (Å²) in [6.07, 6.45) is 4.43. The molecule has 1 amide bonds. The molecule has 2 aromatic rings. The van der Waals surface area contributed by atoms with Crippen molar-refractivity contribution < 1.29 is 14.8 Å². The summed E-state index contributed by atoms with van der Waals surface area (Å²) in [7, 11) is 0. The highest BCUT2D eigenvalue weighted by Crippen LogP contribution is 2.09. The van der Waals surface area contributed by atoms with E-state index in [1.165, 1.54) is 11.6 Å². The maximum absolute atomic E-state index is 10.8. The molecule has 106 valence electrons. The van der Waals surface area contributed by atoms with E-state index in [0.29, 0.717) is 5.75 Å². The van der Waals surface area contributed by atoms with Crippen LogP contribution in [-0.4, -0.2) is 17.3 Å². The average molecular weight is 282 g/mol. The molecule has 0 saturated carbocycles. The monoisotopic (exact) mass is 282 g/mol. The van der Waals surface area contributed by atoms with Crippen LogP contribution in [0.1, 0.15) is 11.1 Å². The highest BCUT2D eigenvalue weighted by atomic mass is 16.6. The first-order chi connectivity index (χ1) is 10.3. The van der Waals surface area contributed by atoms with Crippen LogP contribution in [0.15, 0.2) is 65.8 Å². The van der Waals surface area contributed by atoms with Gasteiger partial charge in [-0.15, -0.1) is 0 Å². The molecule has 0 saturated heterocycles. The van der Waals surface area contributed by atoms with Crippen molar-refractivity contribution in [1.82, 2.24) is 5.48 Å². The van der Waals surface area contributed by atoms with Gasteiger partial charge in [0, 0.05) is 6.08 Å². The number of hydroxylamine groups is 1. The first-order valence-corrected chi connectivity index (χ1v) is 6.25. The summed E-state index contributed by atoms with van der Waals surface area (Å²) in [5.74, 6) is 0.0974. The molecular weight excluding hydrogens is 268 g/mol. The summed E-state index contributed by atoms with van der Waals surface area (Å²) >= 11 is 0. The Morgan fingerprint density at radius 2 is 1.71 bits per heavy atom. The van der Waals surface area contributed by atoms with Gasteiger partial charge in [-0.3, -0.25) is 10.0 Å². The van der Waals surface area contributed by atoms with E-state index < -0.39 is 5.91 Å². The Kier molecular flexibility index (Phi) is 5.25. The molecule has 0 unspecified atom stereocenters. The van der Waals surface area contributed by atoms with Gasteiger partial charge in [0.1, 0.15) is 0 Å². The van der Waals surface area contributed by atoms with E-state index in [4.69, 9.17) is 10.0 Å². The standard InChI is InChI=1S/C16H14N2O3/c19-16(18-20)11-10-13-6-8-14(9-7-13)12-17-21-15-4-2-1-3-5-15/h1-12,20H,(H,18,19)/b11-10+,17-12+. The molecule has 2 aromatic carbocycles. The van der Waals surface area contributed by atoms with Gasteiger partial charge in [0.25, 0.3) is 5.91 Å². The zero-order chi connectivity index (χ0) is 14.9. The molecule has 5 heteroatoms. The molecule has 0 spiro atoms. The fourth-order valence-corrected chi connectivity index (χ4v) is 1.53. The molecular formula is C16H14N2O3. The highest BCUT2D eigenvalue weighted by Gasteiger charge is 1.93. The summed E-state index contributed by atoms with van der Waals surface area (Å²) in [5, 5.41) is 12.3. The maximum atomic E-state index is 10.8. The van der Waals surface area contributed by atoms with Crippen LogP contribution in [0.25, 0.3) is 6.08 Å². The van der Waals surface area contributed by atoms with Gasteiger partial charge >= 0.3 is 0 Å². The van der Waals surface area contributed by atoms with Crippen molar-refractivity contribution in [2.75, 3.05) is 0 Å². The zero-order valence-electron chi connectivity index (χ0n) is 11.1. The number of rotatable bonds is 5. The summed E-state index contributed by atoms with van der Waals surface area (Å²) in [5.41, 5.74) is 3.23. The SMILES string of the molecule is O=C(/C=C/c1ccc(/C=N/Oc2ccccc2)cc1)NO. The third-order valence-corrected chi connectivity index (χ3v) is 2.58. The number of amides is 1. The number of nitrogens with one attached hydrogen (secondary N) is 1. The fraction of sp³-hybridized carbons (Fsp3) is 0. The predicted octanol–water partition coefficient (Wildman–Crippen LogP) is 2.62. The number of carbonyl (C=O) groups excluding carboxylic acids is 1. The summed E-state index contributed by atoms with van der Waals surface area (Å²) in [4.78, 5) is 16.1. The molecule has 0 bridgehead atoms. The van der Waals surface area contributed by atoms with Gasteiger partial charge in [-0.05, 0) is 29.3 Å². The van der Waals surface area contributed by atoms with Gasteiger partial charge < -0.3 is 4.84 Å². The van der Waals surface area contributed by atoms with Crippen molar-refractivity contribution in [1.29, 1.82) is 0 Å². The molecule has 5 nitrogen and oxygen atoms in total. The molecule has 0 aliphatic rings. The van der Waals surface area contributed by atoms with Crippen molar-refractivity contribution in [2.45, 2.75) is 0 Å². The second-order valence-electron chi connectivity index (χ2n) is 4.11. The molecule has 0 radical (unpaired) electrons. The van der Waals surface area contributed by atoms with Crippen LogP contribution in [0.5, 0.6) is 5.75 Å². The van der Waals surface area contributed by atoms with E-state index in [9.17, 15) is 4.79 Å². The van der Waals surface area contributed by atoms with Gasteiger partial charge in [0.05, 0.1) is 6.21 Å². The second-order valence-corrected chi connectivity index (χ2v) is 4.11. The lowest BCUT2D eigenvalue weighted by molar-refractivity contribution is -0.124. The minimum atomic E-state index is -0.572. The van der Waals surface area contributed by atoms with Crippen LogP contribution in [0, 0.1) is 0 Å². The van der Waals surface area contributed by atoms with Crippen molar-refractivity contribution in [3.05, 3.63) is 71.8 Å². The van der Waals surface area contributed by atoms with E-state index in [1.807, 2.05) is 54.6 Å². The molecule has 21 heavy (non-hydrogen) atoms. The Morgan fingerprint density at radius 3 is 2.38 bits per heavy atom. The number of nitrogens with zero attached hydrogens (tertiary/aromatic N) is 1. The van der Waals surface area contributed by atoms with E-state index in [-0.39, 0.29) is 0 Å². The Balaban J connectivity index is 1.93. The summed E-state index contributed by atoms with van der Waals surface area (Å²) in [6.45, 7) is 0. The first-order valence-electron chi connectivity index (χ1n) is 6.25. The number of oxime groups is 1. The largest absolute Gasteiger partial charge is 0.357 e. The molecule has 0 aromatic heterocycles. The molecule has 0 aliphatic carbocycles. The van der Waals surface area contributed by atoms with Crippen molar-refractivity contribution in [3.8, 4) is 5.75 Å². The van der Waals surface area contributed by atoms with Crippen LogP contribution >= 0.6 is 0 Å². The van der Waals surface area contributed by atoms with E-state index in [2.05, 4.69) is 5.16 Å². The van der Waals surface area contributed by atoms with Gasteiger partial charge in [-0.2, -0.15) is 0 Å². The van der Waals surface area contributed by atoms with Gasteiger partial charge in [0.2, 0.25) is 0 Å². The van der Waals surface area contributed by atoms with Gasteiger partial charge in [0.15, 0.2) is 5.75 Å². The molecule has 0 fully saturated rings. The third kappa shape index (κ3) is 4.93. The predicted molar refractivity (Wildman–Crippen MR) is 80.1 cm³/mol.